The molecule has 1 aromatic carbocycles. The van der Waals surface area contributed by atoms with E-state index in [9.17, 15) is 9.59 Å². The Balaban J connectivity index is 2.54. The van der Waals surface area contributed by atoms with Crippen molar-refractivity contribution >= 4 is 33.9 Å². The lowest BCUT2D eigenvalue weighted by Gasteiger charge is -2.07. The zero-order valence-electron chi connectivity index (χ0n) is 11.9. The van der Waals surface area contributed by atoms with Crippen LogP contribution in [0.4, 0.5) is 0 Å². The molecule has 0 saturated heterocycles. The largest absolute Gasteiger partial charge is 0.496 e. The summed E-state index contributed by atoms with van der Waals surface area (Å²) < 4.78 is 6.09. The van der Waals surface area contributed by atoms with E-state index < -0.39 is 11.9 Å². The van der Waals surface area contributed by atoms with Crippen LogP contribution in [0.3, 0.4) is 0 Å². The number of carbonyl (C=O) groups excluding carboxylic acids is 1. The topological polar surface area (TPSA) is 75.6 Å². The van der Waals surface area contributed by atoms with Crippen molar-refractivity contribution in [3.05, 3.63) is 34.3 Å². The quantitative estimate of drug-likeness (QED) is 0.737. The number of rotatable bonds is 7. The Hall–Kier alpha value is -1.82. The Morgan fingerprint density at radius 1 is 1.48 bits per heavy atom. The fourth-order valence-electron chi connectivity index (χ4n) is 1.60. The summed E-state index contributed by atoms with van der Waals surface area (Å²) in [6.07, 6.45) is 3.45. The van der Waals surface area contributed by atoms with Crippen LogP contribution in [0, 0.1) is 5.92 Å². The minimum atomic E-state index is -0.862. The molecule has 1 atom stereocenters. The first-order valence-corrected chi connectivity index (χ1v) is 7.25. The van der Waals surface area contributed by atoms with Crippen LogP contribution < -0.4 is 10.1 Å². The van der Waals surface area contributed by atoms with Gasteiger partial charge in [0.15, 0.2) is 0 Å². The molecule has 1 aromatic rings. The lowest BCUT2D eigenvalue weighted by molar-refractivity contribution is -0.141. The number of aliphatic carboxylic acids is 1. The summed E-state index contributed by atoms with van der Waals surface area (Å²) in [5.41, 5.74) is 0.779. The minimum absolute atomic E-state index is 0.269. The van der Waals surface area contributed by atoms with Crippen LogP contribution in [-0.4, -0.2) is 30.6 Å². The van der Waals surface area contributed by atoms with E-state index in [1.54, 1.807) is 26.2 Å². The van der Waals surface area contributed by atoms with Crippen molar-refractivity contribution in [1.82, 2.24) is 5.32 Å². The maximum absolute atomic E-state index is 11.7. The van der Waals surface area contributed by atoms with Crippen molar-refractivity contribution in [2.24, 2.45) is 5.92 Å². The van der Waals surface area contributed by atoms with Gasteiger partial charge in [0.2, 0.25) is 5.91 Å². The summed E-state index contributed by atoms with van der Waals surface area (Å²) in [5, 5.41) is 11.4. The third-order valence-electron chi connectivity index (χ3n) is 2.90. The maximum atomic E-state index is 11.7. The Kier molecular flexibility index (Phi) is 6.94. The lowest BCUT2D eigenvalue weighted by atomic mass is 10.1. The molecule has 0 heterocycles. The van der Waals surface area contributed by atoms with Crippen LogP contribution in [0.2, 0.25) is 0 Å². The third-order valence-corrected chi connectivity index (χ3v) is 3.40. The van der Waals surface area contributed by atoms with Gasteiger partial charge < -0.3 is 15.2 Å². The van der Waals surface area contributed by atoms with Gasteiger partial charge in [-0.2, -0.15) is 0 Å². The number of methoxy groups -OCH3 is 1. The molecule has 5 nitrogen and oxygen atoms in total. The van der Waals surface area contributed by atoms with Crippen LogP contribution in [0.25, 0.3) is 6.08 Å². The normalized spacial score (nSPS) is 12.1. The molecule has 1 amide bonds. The fraction of sp³-hybridized carbons (Fsp3) is 0.333. The number of hydrogen-bond acceptors (Lipinski definition) is 3. The van der Waals surface area contributed by atoms with Crippen molar-refractivity contribution in [1.29, 1.82) is 0 Å². The third kappa shape index (κ3) is 5.99. The van der Waals surface area contributed by atoms with Gasteiger partial charge in [0.05, 0.1) is 13.0 Å². The highest BCUT2D eigenvalue weighted by Crippen LogP contribution is 2.23. The summed E-state index contributed by atoms with van der Waals surface area (Å²) in [7, 11) is 1.56. The van der Waals surface area contributed by atoms with E-state index in [2.05, 4.69) is 21.2 Å². The SMILES string of the molecule is COc1ccc(Br)cc1/C=C/C(=O)NCCC(C)C(=O)O. The fourth-order valence-corrected chi connectivity index (χ4v) is 1.97. The minimum Gasteiger partial charge on any atom is -0.496 e. The molecule has 0 radical (unpaired) electrons. The van der Waals surface area contributed by atoms with Crippen LogP contribution in [0.5, 0.6) is 5.75 Å². The van der Waals surface area contributed by atoms with Gasteiger partial charge in [-0.15, -0.1) is 0 Å². The summed E-state index contributed by atoms with van der Waals surface area (Å²) in [6, 6.07) is 5.49. The molecule has 21 heavy (non-hydrogen) atoms. The second-order valence-corrected chi connectivity index (χ2v) is 5.45. The van der Waals surface area contributed by atoms with E-state index in [1.165, 1.54) is 6.08 Å². The Morgan fingerprint density at radius 3 is 2.81 bits per heavy atom. The number of halogens is 1. The van der Waals surface area contributed by atoms with Gasteiger partial charge in [0, 0.05) is 22.7 Å². The molecule has 0 aromatic heterocycles. The highest BCUT2D eigenvalue weighted by Gasteiger charge is 2.10. The molecule has 2 N–H and O–H groups in total. The molecule has 114 valence electrons. The summed E-state index contributed by atoms with van der Waals surface area (Å²) in [5.74, 6) is -0.936. The highest BCUT2D eigenvalue weighted by molar-refractivity contribution is 9.10. The number of benzene rings is 1. The molecule has 0 saturated carbocycles. The summed E-state index contributed by atoms with van der Waals surface area (Å²) in [6.45, 7) is 1.93. The van der Waals surface area contributed by atoms with E-state index >= 15 is 0 Å². The van der Waals surface area contributed by atoms with E-state index in [-0.39, 0.29) is 5.91 Å². The molecule has 0 aliphatic carbocycles. The molecule has 1 rings (SSSR count). The molecule has 0 fully saturated rings. The van der Waals surface area contributed by atoms with Crippen molar-refractivity contribution in [2.45, 2.75) is 13.3 Å². The Morgan fingerprint density at radius 2 is 2.19 bits per heavy atom. The number of amides is 1. The van der Waals surface area contributed by atoms with Gasteiger partial charge in [-0.3, -0.25) is 9.59 Å². The molecule has 0 spiro atoms. The van der Waals surface area contributed by atoms with Crippen molar-refractivity contribution in [2.75, 3.05) is 13.7 Å². The van der Waals surface area contributed by atoms with Crippen LogP contribution in [0.15, 0.2) is 28.7 Å². The molecule has 0 aliphatic heterocycles. The van der Waals surface area contributed by atoms with Crippen LogP contribution >= 0.6 is 15.9 Å². The molecular weight excluding hydrogens is 338 g/mol. The summed E-state index contributed by atoms with van der Waals surface area (Å²) in [4.78, 5) is 22.3. The lowest BCUT2D eigenvalue weighted by Crippen LogP contribution is -2.25. The number of carbonyl (C=O) groups is 2. The van der Waals surface area contributed by atoms with Gasteiger partial charge in [0.25, 0.3) is 0 Å². The molecule has 1 unspecified atom stereocenters. The van der Waals surface area contributed by atoms with Crippen molar-refractivity contribution < 1.29 is 19.4 Å². The van der Waals surface area contributed by atoms with E-state index in [0.29, 0.717) is 18.7 Å². The zero-order chi connectivity index (χ0) is 15.8. The van der Waals surface area contributed by atoms with Gasteiger partial charge in [-0.1, -0.05) is 22.9 Å². The Bertz CT molecular complexity index is 542. The first kappa shape index (κ1) is 17.2. The first-order valence-electron chi connectivity index (χ1n) is 6.46. The molecule has 6 heteroatoms. The number of carboxylic acids is 1. The second-order valence-electron chi connectivity index (χ2n) is 4.54. The van der Waals surface area contributed by atoms with Gasteiger partial charge >= 0.3 is 5.97 Å². The predicted molar refractivity (Wildman–Crippen MR) is 84.2 cm³/mol. The number of nitrogens with one attached hydrogen (secondary N) is 1. The Labute approximate surface area is 132 Å². The zero-order valence-corrected chi connectivity index (χ0v) is 13.5. The predicted octanol–water partition coefficient (Wildman–Crippen LogP) is 2.70. The maximum Gasteiger partial charge on any atom is 0.306 e. The van der Waals surface area contributed by atoms with Crippen LogP contribution in [0.1, 0.15) is 18.9 Å². The first-order chi connectivity index (χ1) is 9.93. The second kappa shape index (κ2) is 8.46. The van der Waals surface area contributed by atoms with Gasteiger partial charge in [-0.25, -0.2) is 0 Å². The van der Waals surface area contributed by atoms with Gasteiger partial charge in [0.1, 0.15) is 5.75 Å². The standard InChI is InChI=1S/C15H18BrNO4/c1-10(15(19)20)7-8-17-14(18)6-3-11-9-12(16)4-5-13(11)21-2/h3-6,9-10H,7-8H2,1-2H3,(H,17,18)(H,19,20)/b6-3+. The number of carboxylic acid groups (broad SMARTS) is 1. The number of ether oxygens (including phenoxy) is 1. The van der Waals surface area contributed by atoms with Crippen molar-refractivity contribution in [3.8, 4) is 5.75 Å². The molecule has 0 aliphatic rings. The molecule has 0 bridgehead atoms. The average Bonchev–Trinajstić information content (AvgIpc) is 2.45. The van der Waals surface area contributed by atoms with Crippen molar-refractivity contribution in [3.63, 3.8) is 0 Å². The molecular formula is C15H18BrNO4. The monoisotopic (exact) mass is 355 g/mol. The summed E-state index contributed by atoms with van der Waals surface area (Å²) >= 11 is 3.36. The van der Waals surface area contributed by atoms with Gasteiger partial charge in [-0.05, 0) is 30.7 Å². The number of hydrogen-bond donors (Lipinski definition) is 2. The smallest absolute Gasteiger partial charge is 0.306 e. The average molecular weight is 356 g/mol. The van der Waals surface area contributed by atoms with E-state index in [1.807, 2.05) is 12.1 Å². The van der Waals surface area contributed by atoms with Crippen LogP contribution in [-0.2, 0) is 9.59 Å². The van der Waals surface area contributed by atoms with E-state index in [0.717, 1.165) is 10.0 Å². The van der Waals surface area contributed by atoms with E-state index in [4.69, 9.17) is 9.84 Å². The highest BCUT2D eigenvalue weighted by atomic mass is 79.9.